The fourth-order valence-corrected chi connectivity index (χ4v) is 24.8. The van der Waals surface area contributed by atoms with Crippen LogP contribution in [-0.2, 0) is 5.41 Å². The average Bonchev–Trinajstić information content (AvgIpc) is 1.54. The normalized spacial score (nSPS) is 20.4. The van der Waals surface area contributed by atoms with Crippen LogP contribution in [0.25, 0.3) is 127 Å². The van der Waals surface area contributed by atoms with E-state index in [1.54, 1.807) is 5.56 Å². The summed E-state index contributed by atoms with van der Waals surface area (Å²) in [7, 11) is 0. The van der Waals surface area contributed by atoms with E-state index in [1.807, 2.05) is 34.0 Å². The maximum Gasteiger partial charge on any atom is 0.0554 e. The zero-order chi connectivity index (χ0) is 67.8. The number of thiophene rings is 3. The third-order valence-electron chi connectivity index (χ3n) is 25.6. The lowest BCUT2D eigenvalue weighted by molar-refractivity contribution is 0.162. The molecule has 3 heterocycles. The Morgan fingerprint density at radius 1 is 0.320 bits per heavy atom. The number of anilines is 6. The molecule has 0 saturated heterocycles. The summed E-state index contributed by atoms with van der Waals surface area (Å²) in [5.41, 5.74) is 23.8. The monoisotopic (exact) mass is 1380 g/mol. The van der Waals surface area contributed by atoms with E-state index in [9.17, 15) is 0 Å². The Kier molecular flexibility index (Phi) is 13.8. The van der Waals surface area contributed by atoms with Crippen molar-refractivity contribution in [2.24, 2.45) is 23.7 Å². The first kappa shape index (κ1) is 60.4. The summed E-state index contributed by atoms with van der Waals surface area (Å²) in [5, 5.41) is 12.9. The zero-order valence-electron chi connectivity index (χ0n) is 58.0. The molecule has 14 aromatic carbocycles. The summed E-state index contributed by atoms with van der Waals surface area (Å²) in [5.74, 6) is 3.75. The minimum absolute atomic E-state index is 0.0170. The van der Waals surface area contributed by atoms with Gasteiger partial charge in [-0.2, -0.15) is 0 Å². The number of benzene rings is 14. The number of hydrogen-bond donors (Lipinski definition) is 0. The molecule has 103 heavy (non-hydrogen) atoms. The molecule has 6 aliphatic rings. The van der Waals surface area contributed by atoms with Crippen LogP contribution in [-0.4, -0.2) is 0 Å². The van der Waals surface area contributed by atoms with Crippen molar-refractivity contribution in [2.45, 2.75) is 88.9 Å². The van der Waals surface area contributed by atoms with Crippen LogP contribution in [0.2, 0.25) is 0 Å². The van der Waals surface area contributed by atoms with Crippen molar-refractivity contribution in [3.05, 3.63) is 301 Å². The first-order chi connectivity index (χ1) is 50.8. The first-order valence-electron chi connectivity index (χ1n) is 37.7. The molecule has 0 radical (unpaired) electrons. The second kappa shape index (κ2) is 23.4. The van der Waals surface area contributed by atoms with Gasteiger partial charge in [-0.1, -0.05) is 208 Å². The molecule has 3 aromatic heterocycles. The van der Waals surface area contributed by atoms with E-state index in [0.717, 1.165) is 28.9 Å². The highest BCUT2D eigenvalue weighted by Crippen LogP contribution is 2.66. The van der Waals surface area contributed by atoms with Crippen molar-refractivity contribution in [3.8, 4) is 44.5 Å². The first-order valence-corrected chi connectivity index (χ1v) is 40.2. The summed E-state index contributed by atoms with van der Waals surface area (Å²) in [6.07, 6.45) is 11.7. The molecule has 3 saturated carbocycles. The fourth-order valence-electron chi connectivity index (χ4n) is 21.1. The van der Waals surface area contributed by atoms with Gasteiger partial charge in [0.1, 0.15) is 0 Å². The number of nitrogens with zero attached hydrogens (tertiary/aromatic N) is 2. The smallest absolute Gasteiger partial charge is 0.0554 e. The quantitative estimate of drug-likeness (QED) is 0.150. The number of rotatable bonds is 8. The molecule has 3 fully saturated rings. The molecule has 17 aromatic rings. The van der Waals surface area contributed by atoms with E-state index in [4.69, 9.17) is 0 Å². The molecule has 6 aliphatic carbocycles. The Hall–Kier alpha value is -10.1. The molecule has 5 atom stereocenters. The van der Waals surface area contributed by atoms with E-state index in [0.29, 0.717) is 23.7 Å². The van der Waals surface area contributed by atoms with E-state index < -0.39 is 0 Å². The van der Waals surface area contributed by atoms with E-state index >= 15 is 0 Å². The van der Waals surface area contributed by atoms with Gasteiger partial charge >= 0.3 is 0 Å². The van der Waals surface area contributed by atoms with E-state index in [1.165, 1.54) is 218 Å². The van der Waals surface area contributed by atoms with Gasteiger partial charge in [0.15, 0.2) is 0 Å². The summed E-state index contributed by atoms with van der Waals surface area (Å²) in [6.45, 7) is 5.11. The van der Waals surface area contributed by atoms with Gasteiger partial charge in [-0.15, -0.1) is 34.0 Å². The predicted molar refractivity (Wildman–Crippen MR) is 444 cm³/mol. The van der Waals surface area contributed by atoms with Gasteiger partial charge in [0, 0.05) is 99.8 Å². The minimum atomic E-state index is -0.0170. The highest BCUT2D eigenvalue weighted by Gasteiger charge is 2.57. The molecular weight excluding hydrogens is 1300 g/mol. The zero-order valence-corrected chi connectivity index (χ0v) is 60.5. The lowest BCUT2D eigenvalue weighted by Crippen LogP contribution is -2.43. The van der Waals surface area contributed by atoms with Gasteiger partial charge in [-0.25, -0.2) is 0 Å². The maximum absolute atomic E-state index is 2.65. The van der Waals surface area contributed by atoms with Crippen LogP contribution in [0.15, 0.2) is 279 Å². The summed E-state index contributed by atoms with van der Waals surface area (Å²) < 4.78 is 7.92. The van der Waals surface area contributed by atoms with Gasteiger partial charge in [0.05, 0.1) is 5.69 Å². The van der Waals surface area contributed by atoms with Crippen LogP contribution in [0.3, 0.4) is 0 Å². The summed E-state index contributed by atoms with van der Waals surface area (Å²) >= 11 is 5.76. The third kappa shape index (κ3) is 9.27. The van der Waals surface area contributed by atoms with Crippen molar-refractivity contribution in [3.63, 3.8) is 0 Å². The summed E-state index contributed by atoms with van der Waals surface area (Å²) in [6, 6.07) is 109. The SMILES string of the molecule is C[C@H]1CC2CCC(CC2)c2ccccc2-c2ccc(N(c3cccc(-c4cccc5c4sc4ccccc45)c3)c3cc4sc5cc6ccc(N(c7cccc(-c8cccc9c8sc8ccccc89)c7)c7ccc8c(c7)C7(c9ccccc9-8)[C@H]8CC[C@H](C8)C[C@@H]7C)cc6cc5c4c4ccccc34)cc21. The summed E-state index contributed by atoms with van der Waals surface area (Å²) in [4.78, 5) is 5.22. The van der Waals surface area contributed by atoms with Crippen molar-refractivity contribution in [1.29, 1.82) is 0 Å². The van der Waals surface area contributed by atoms with Gasteiger partial charge in [-0.05, 0) is 261 Å². The van der Waals surface area contributed by atoms with Crippen molar-refractivity contribution >= 4 is 150 Å². The Bertz CT molecular complexity index is 6370. The largest absolute Gasteiger partial charge is 0.310 e. The maximum atomic E-state index is 2.65. The third-order valence-corrected chi connectivity index (χ3v) is 29.1. The van der Waals surface area contributed by atoms with Gasteiger partial charge in [-0.3, -0.25) is 0 Å². The number of fused-ring (bicyclic) bond motifs is 23. The molecular formula is C98H76N2S3. The van der Waals surface area contributed by atoms with Crippen LogP contribution >= 0.6 is 34.0 Å². The topological polar surface area (TPSA) is 6.48 Å². The molecule has 1 spiro atoms. The number of hydrogen-bond acceptors (Lipinski definition) is 5. The second-order valence-corrected chi connectivity index (χ2v) is 34.2. The molecule has 2 nitrogen and oxygen atoms in total. The Morgan fingerprint density at radius 2 is 0.883 bits per heavy atom. The minimum Gasteiger partial charge on any atom is -0.310 e. The molecule has 23 rings (SSSR count). The molecule has 0 aliphatic heterocycles. The highest BCUT2D eigenvalue weighted by atomic mass is 32.1. The standard InChI is InChI=1S/C98H76N2S3/c1-58-47-60-35-38-62(39-36-60)73-21-3-4-22-76(73)77-45-43-71(55-86(58)77)100(69-20-14-18-65(51-69)75-29-16-31-85-82-26-9-12-34-92(82)103-97(75)85)90-57-94-95(83-27-6-5-24-80(83)90)87-53-66-52-70(42-40-63(66)54-93(87)101-94)99(68-19-13-17-64(50-68)74-28-15-30-84-81-25-8-11-33-91(81)102-96(74)84)72-44-46-79-78-23-7-10-32-88(78)98(89(79)56-72)59(2)48-61-37-41-67(98)49-61/h3-34,40,42-46,50-62,67H,35-39,41,47-49H2,1-2H3/t58-,59-,60?,61-,62?,67-,98?/m0/s1. The fraction of sp³-hybridized carbons (Fsp3) is 0.184. The average molecular weight is 1380 g/mol. The van der Waals surface area contributed by atoms with Crippen molar-refractivity contribution in [1.82, 2.24) is 0 Å². The lowest BCUT2D eigenvalue weighted by Gasteiger charge is -2.47. The van der Waals surface area contributed by atoms with Gasteiger partial charge in [0.2, 0.25) is 0 Å². The Labute approximate surface area is 613 Å². The second-order valence-electron chi connectivity index (χ2n) is 31.0. The lowest BCUT2D eigenvalue weighted by atomic mass is 9.56. The van der Waals surface area contributed by atoms with Crippen LogP contribution in [0.1, 0.15) is 106 Å². The van der Waals surface area contributed by atoms with Crippen LogP contribution in [0, 0.1) is 23.7 Å². The van der Waals surface area contributed by atoms with Crippen LogP contribution < -0.4 is 9.80 Å². The van der Waals surface area contributed by atoms with Crippen LogP contribution in [0.4, 0.5) is 34.1 Å². The van der Waals surface area contributed by atoms with Crippen LogP contribution in [0.5, 0.6) is 0 Å². The Morgan fingerprint density at radius 3 is 1.63 bits per heavy atom. The Balaban J connectivity index is 0.728. The molecule has 496 valence electrons. The van der Waals surface area contributed by atoms with E-state index in [-0.39, 0.29) is 5.41 Å². The van der Waals surface area contributed by atoms with E-state index in [2.05, 4.69) is 303 Å². The highest BCUT2D eigenvalue weighted by molar-refractivity contribution is 7.27. The predicted octanol–water partition coefficient (Wildman–Crippen LogP) is 29.5. The van der Waals surface area contributed by atoms with Gasteiger partial charge < -0.3 is 9.80 Å². The molecule has 1 unspecified atom stereocenters. The van der Waals surface area contributed by atoms with Gasteiger partial charge in [0.25, 0.3) is 0 Å². The molecule has 0 N–H and O–H groups in total. The molecule has 5 heteroatoms. The van der Waals surface area contributed by atoms with Crippen molar-refractivity contribution in [2.75, 3.05) is 9.80 Å². The molecule has 0 amide bonds. The molecule has 4 bridgehead atoms. The van der Waals surface area contributed by atoms with Crippen molar-refractivity contribution < 1.29 is 0 Å².